The molecule has 2 aromatic carbocycles. The quantitative estimate of drug-likeness (QED) is 0.784. The van der Waals surface area contributed by atoms with Crippen molar-refractivity contribution in [2.45, 2.75) is 5.92 Å². The number of rotatable bonds is 2. The van der Waals surface area contributed by atoms with Crippen LogP contribution in [0.4, 0.5) is 0 Å². The highest BCUT2D eigenvalue weighted by atomic mass is 16.1. The number of fused-ring (bicyclic) bond motifs is 1. The molecule has 4 rings (SSSR count). The van der Waals surface area contributed by atoms with Gasteiger partial charge in [0.05, 0.1) is 23.0 Å². The van der Waals surface area contributed by atoms with Gasteiger partial charge in [-0.25, -0.2) is 4.68 Å². The number of nitrogens with zero attached hydrogens (tertiary/aromatic N) is 3. The Kier molecular flexibility index (Phi) is 3.44. The summed E-state index contributed by atoms with van der Waals surface area (Å²) in [6, 6.07) is 21.1. The molecule has 0 radical (unpaired) electrons. The number of carbonyl (C=O) groups excluding carboxylic acids is 1. The number of benzene rings is 2. The average molecular weight is 326 g/mol. The molecule has 5 nitrogen and oxygen atoms in total. The molecule has 5 heteroatoms. The Labute approximate surface area is 144 Å². The van der Waals surface area contributed by atoms with E-state index in [1.54, 1.807) is 4.68 Å². The molecule has 1 heterocycles. The molecule has 2 N–H and O–H groups in total. The molecule has 3 aromatic rings. The number of carbonyl (C=O) groups is 1. The molecule has 1 aliphatic rings. The Morgan fingerprint density at radius 2 is 1.68 bits per heavy atom. The van der Waals surface area contributed by atoms with Crippen LogP contribution in [0.25, 0.3) is 16.9 Å². The molecule has 0 amide bonds. The van der Waals surface area contributed by atoms with Crippen molar-refractivity contribution >= 4 is 5.78 Å². The maximum Gasteiger partial charge on any atom is 0.191 e. The zero-order valence-corrected chi connectivity index (χ0v) is 13.3. The first-order valence-corrected chi connectivity index (χ1v) is 7.85. The fourth-order valence-corrected chi connectivity index (χ4v) is 3.11. The summed E-state index contributed by atoms with van der Waals surface area (Å²) in [6.07, 6.45) is 1.33. The lowest BCUT2D eigenvalue weighted by atomic mass is 9.88. The zero-order chi connectivity index (χ0) is 17.4. The van der Waals surface area contributed by atoms with E-state index in [2.05, 4.69) is 11.2 Å². The maximum absolute atomic E-state index is 12.7. The molecule has 1 aliphatic carbocycles. The fourth-order valence-electron chi connectivity index (χ4n) is 3.11. The summed E-state index contributed by atoms with van der Waals surface area (Å²) in [6.45, 7) is 0. The predicted molar refractivity (Wildman–Crippen MR) is 94.0 cm³/mol. The van der Waals surface area contributed by atoms with E-state index < -0.39 is 5.92 Å². The number of nitrogens with two attached hydrogens (primary N) is 1. The van der Waals surface area contributed by atoms with Crippen LogP contribution in [-0.2, 0) is 0 Å². The molecule has 1 unspecified atom stereocenters. The van der Waals surface area contributed by atoms with Gasteiger partial charge in [-0.1, -0.05) is 48.5 Å². The van der Waals surface area contributed by atoms with E-state index in [-0.39, 0.29) is 11.5 Å². The van der Waals surface area contributed by atoms with Gasteiger partial charge in [-0.2, -0.15) is 10.4 Å². The van der Waals surface area contributed by atoms with Crippen LogP contribution in [-0.4, -0.2) is 15.6 Å². The average Bonchev–Trinajstić information content (AvgIpc) is 3.04. The van der Waals surface area contributed by atoms with E-state index in [1.807, 2.05) is 60.7 Å². The Morgan fingerprint density at radius 3 is 2.32 bits per heavy atom. The van der Waals surface area contributed by atoms with Gasteiger partial charge in [0, 0.05) is 17.3 Å². The second-order valence-electron chi connectivity index (χ2n) is 5.79. The Bertz CT molecular complexity index is 1030. The number of ketones is 1. The molecule has 25 heavy (non-hydrogen) atoms. The number of nitriles is 1. The van der Waals surface area contributed by atoms with E-state index in [0.29, 0.717) is 17.0 Å². The third-order valence-electron chi connectivity index (χ3n) is 4.25. The lowest BCUT2D eigenvalue weighted by Crippen LogP contribution is -2.21. The number of hydrogen-bond acceptors (Lipinski definition) is 4. The molecule has 120 valence electrons. The van der Waals surface area contributed by atoms with Crippen molar-refractivity contribution in [2.24, 2.45) is 5.73 Å². The van der Waals surface area contributed by atoms with Crippen molar-refractivity contribution in [1.82, 2.24) is 9.78 Å². The molecule has 1 atom stereocenters. The second-order valence-corrected chi connectivity index (χ2v) is 5.79. The Hall–Kier alpha value is -3.65. The molecule has 0 bridgehead atoms. The van der Waals surface area contributed by atoms with E-state index in [9.17, 15) is 10.1 Å². The molecule has 0 saturated heterocycles. The van der Waals surface area contributed by atoms with Gasteiger partial charge in [0.1, 0.15) is 11.6 Å². The van der Waals surface area contributed by atoms with Crippen molar-refractivity contribution in [3.8, 4) is 23.0 Å². The van der Waals surface area contributed by atoms with Crippen molar-refractivity contribution in [3.05, 3.63) is 83.7 Å². The number of para-hydroxylation sites is 1. The van der Waals surface area contributed by atoms with Crippen LogP contribution in [0.5, 0.6) is 0 Å². The minimum Gasteiger partial charge on any atom is -0.401 e. The summed E-state index contributed by atoms with van der Waals surface area (Å²) in [5, 5.41) is 14.3. The molecule has 0 spiro atoms. The molecular formula is C20H14N4O. The van der Waals surface area contributed by atoms with E-state index in [1.165, 1.54) is 6.08 Å². The summed E-state index contributed by atoms with van der Waals surface area (Å²) in [5.41, 5.74) is 9.35. The second kappa shape index (κ2) is 5.77. The van der Waals surface area contributed by atoms with E-state index >= 15 is 0 Å². The van der Waals surface area contributed by atoms with Gasteiger partial charge in [0.2, 0.25) is 0 Å². The summed E-state index contributed by atoms with van der Waals surface area (Å²) in [4.78, 5) is 12.7. The van der Waals surface area contributed by atoms with Gasteiger partial charge < -0.3 is 5.73 Å². The van der Waals surface area contributed by atoms with Crippen molar-refractivity contribution in [3.63, 3.8) is 0 Å². The molecule has 1 aromatic heterocycles. The van der Waals surface area contributed by atoms with Crippen LogP contribution in [0.15, 0.2) is 72.4 Å². The first-order valence-electron chi connectivity index (χ1n) is 7.85. The topological polar surface area (TPSA) is 84.7 Å². The van der Waals surface area contributed by atoms with Gasteiger partial charge in [-0.05, 0) is 12.1 Å². The van der Waals surface area contributed by atoms with Gasteiger partial charge in [-0.15, -0.1) is 0 Å². The first-order chi connectivity index (χ1) is 12.2. The highest BCUT2D eigenvalue weighted by Gasteiger charge is 2.34. The van der Waals surface area contributed by atoms with Crippen LogP contribution in [0.3, 0.4) is 0 Å². The van der Waals surface area contributed by atoms with Crippen molar-refractivity contribution in [1.29, 1.82) is 5.26 Å². The van der Waals surface area contributed by atoms with Crippen LogP contribution < -0.4 is 5.73 Å². The predicted octanol–water partition coefficient (Wildman–Crippen LogP) is 3.19. The van der Waals surface area contributed by atoms with Gasteiger partial charge in [-0.3, -0.25) is 4.79 Å². The number of aromatic nitrogens is 2. The maximum atomic E-state index is 12.7. The normalized spacial score (nSPS) is 16.0. The third-order valence-corrected chi connectivity index (χ3v) is 4.25. The highest BCUT2D eigenvalue weighted by Crippen LogP contribution is 2.37. The minimum absolute atomic E-state index is 0.222. The lowest BCUT2D eigenvalue weighted by Gasteiger charge is -2.18. The summed E-state index contributed by atoms with van der Waals surface area (Å²) < 4.78 is 1.66. The minimum atomic E-state index is -0.710. The Morgan fingerprint density at radius 1 is 1.04 bits per heavy atom. The standard InChI is InChI=1S/C20H14N4O/c21-12-15-16(22)11-17(25)18-19(13-7-3-1-4-8-13)23-24(20(15)18)14-9-5-2-6-10-14/h1-11,15H,22H2. The van der Waals surface area contributed by atoms with Crippen LogP contribution in [0.1, 0.15) is 22.0 Å². The smallest absolute Gasteiger partial charge is 0.191 e. The summed E-state index contributed by atoms with van der Waals surface area (Å²) in [5.74, 6) is -0.932. The number of allylic oxidation sites excluding steroid dienone is 2. The first kappa shape index (κ1) is 14.9. The van der Waals surface area contributed by atoms with Crippen LogP contribution in [0.2, 0.25) is 0 Å². The summed E-state index contributed by atoms with van der Waals surface area (Å²) in [7, 11) is 0. The molecule has 0 saturated carbocycles. The third kappa shape index (κ3) is 2.32. The molecule has 0 fully saturated rings. The van der Waals surface area contributed by atoms with Crippen LogP contribution >= 0.6 is 0 Å². The van der Waals surface area contributed by atoms with Crippen LogP contribution in [0, 0.1) is 11.3 Å². The molecule has 0 aliphatic heterocycles. The monoisotopic (exact) mass is 326 g/mol. The lowest BCUT2D eigenvalue weighted by molar-refractivity contribution is 0.104. The Balaban J connectivity index is 2.06. The molecular weight excluding hydrogens is 312 g/mol. The highest BCUT2D eigenvalue weighted by molar-refractivity contribution is 6.11. The van der Waals surface area contributed by atoms with E-state index in [4.69, 9.17) is 5.73 Å². The largest absolute Gasteiger partial charge is 0.401 e. The van der Waals surface area contributed by atoms with Crippen molar-refractivity contribution < 1.29 is 4.79 Å². The summed E-state index contributed by atoms with van der Waals surface area (Å²) >= 11 is 0. The van der Waals surface area contributed by atoms with Gasteiger partial charge in [0.25, 0.3) is 0 Å². The fraction of sp³-hybridized carbons (Fsp3) is 0.0500. The number of hydrogen-bond donors (Lipinski definition) is 1. The zero-order valence-electron chi connectivity index (χ0n) is 13.3. The SMILES string of the molecule is N#CC1C(N)=CC(=O)c2c(-c3ccccc3)nn(-c3ccccc3)c21. The van der Waals surface area contributed by atoms with E-state index in [0.717, 1.165) is 11.3 Å². The van der Waals surface area contributed by atoms with Crippen molar-refractivity contribution in [2.75, 3.05) is 0 Å². The van der Waals surface area contributed by atoms with Gasteiger partial charge in [0.15, 0.2) is 5.78 Å². The van der Waals surface area contributed by atoms with Gasteiger partial charge >= 0.3 is 0 Å².